The third-order valence-electron chi connectivity index (χ3n) is 5.70. The van der Waals surface area contributed by atoms with Crippen LogP contribution in [0, 0.1) is 5.92 Å². The quantitative estimate of drug-likeness (QED) is 0.567. The van der Waals surface area contributed by atoms with Gasteiger partial charge in [-0.2, -0.15) is 17.5 Å². The van der Waals surface area contributed by atoms with E-state index in [0.717, 1.165) is 22.5 Å². The first-order chi connectivity index (χ1) is 15.9. The van der Waals surface area contributed by atoms with E-state index in [1.54, 1.807) is 31.3 Å². The predicted molar refractivity (Wildman–Crippen MR) is 118 cm³/mol. The molecule has 0 saturated carbocycles. The van der Waals surface area contributed by atoms with Crippen LogP contribution in [0.25, 0.3) is 0 Å². The maximum Gasteiger partial charge on any atom is 0.416 e. The number of esters is 1. The van der Waals surface area contributed by atoms with Crippen LogP contribution in [0.15, 0.2) is 59.5 Å². The molecule has 1 atom stereocenters. The number of benzene rings is 2. The minimum absolute atomic E-state index is 0.0510. The zero-order valence-corrected chi connectivity index (χ0v) is 19.5. The van der Waals surface area contributed by atoms with Crippen LogP contribution >= 0.6 is 0 Å². The lowest BCUT2D eigenvalue weighted by molar-refractivity contribution is -0.159. The molecule has 1 unspecified atom stereocenters. The molecule has 1 aliphatic rings. The summed E-state index contributed by atoms with van der Waals surface area (Å²) in [7, 11) is -2.58. The van der Waals surface area contributed by atoms with Crippen LogP contribution in [0.3, 0.4) is 0 Å². The van der Waals surface area contributed by atoms with E-state index in [1.165, 1.54) is 11.8 Å². The van der Waals surface area contributed by atoms with E-state index >= 15 is 0 Å². The van der Waals surface area contributed by atoms with Crippen LogP contribution in [0.1, 0.15) is 25.3 Å². The largest absolute Gasteiger partial charge is 0.452 e. The average molecular weight is 499 g/mol. The van der Waals surface area contributed by atoms with E-state index < -0.39 is 50.6 Å². The molecule has 0 aromatic heterocycles. The van der Waals surface area contributed by atoms with Crippen molar-refractivity contribution in [3.63, 3.8) is 0 Å². The molecule has 1 amide bonds. The molecule has 1 fully saturated rings. The summed E-state index contributed by atoms with van der Waals surface area (Å²) < 4.78 is 70.9. The lowest BCUT2D eigenvalue weighted by atomic mass is 9.98. The number of rotatable bonds is 6. The number of alkyl halides is 3. The van der Waals surface area contributed by atoms with Crippen molar-refractivity contribution in [3.05, 3.63) is 60.2 Å². The minimum atomic E-state index is -4.66. The smallest absolute Gasteiger partial charge is 0.416 e. The molecule has 34 heavy (non-hydrogen) atoms. The van der Waals surface area contributed by atoms with Gasteiger partial charge in [-0.3, -0.25) is 9.59 Å². The van der Waals surface area contributed by atoms with Gasteiger partial charge in [0.25, 0.3) is 5.91 Å². The van der Waals surface area contributed by atoms with Crippen molar-refractivity contribution in [2.75, 3.05) is 25.0 Å². The maximum absolute atomic E-state index is 13.0. The number of para-hydroxylation sites is 1. The van der Waals surface area contributed by atoms with Crippen LogP contribution in [0.5, 0.6) is 0 Å². The summed E-state index contributed by atoms with van der Waals surface area (Å²) >= 11 is 0. The standard InChI is InChI=1S/C23H25F3N2O5S/c1-16(21(29)27(2)19-8-4-3-5-9-19)33-22(30)17-11-13-28(14-12-17)34(31,32)20-10-6-7-18(15-20)23(24,25)26/h3-10,15-17H,11-14H2,1-2H3. The normalized spacial score (nSPS) is 16.6. The van der Waals surface area contributed by atoms with Gasteiger partial charge in [-0.25, -0.2) is 8.42 Å². The number of likely N-dealkylation sites (N-methyl/N-ethyl adjacent to an activating group) is 1. The number of nitrogens with zero attached hydrogens (tertiary/aromatic N) is 2. The lowest BCUT2D eigenvalue weighted by Crippen LogP contribution is -2.42. The topological polar surface area (TPSA) is 84.0 Å². The second kappa shape index (κ2) is 10.1. The Kier molecular flexibility index (Phi) is 7.67. The van der Waals surface area contributed by atoms with Crippen molar-refractivity contribution in [1.82, 2.24) is 4.31 Å². The number of hydrogen-bond acceptors (Lipinski definition) is 5. The van der Waals surface area contributed by atoms with Gasteiger partial charge >= 0.3 is 12.1 Å². The van der Waals surface area contributed by atoms with E-state index in [0.29, 0.717) is 11.8 Å². The van der Waals surface area contributed by atoms with Gasteiger partial charge in [0.1, 0.15) is 0 Å². The number of carbonyl (C=O) groups is 2. The molecule has 2 aromatic carbocycles. The van der Waals surface area contributed by atoms with Crippen LogP contribution in [0.4, 0.5) is 18.9 Å². The van der Waals surface area contributed by atoms with Crippen LogP contribution in [-0.4, -0.2) is 50.8 Å². The minimum Gasteiger partial charge on any atom is -0.452 e. The summed E-state index contributed by atoms with van der Waals surface area (Å²) in [5.74, 6) is -1.65. The molecular weight excluding hydrogens is 473 g/mol. The number of anilines is 1. The molecular formula is C23H25F3N2O5S. The first kappa shape index (κ1) is 25.7. The van der Waals surface area contributed by atoms with Gasteiger partial charge in [0.05, 0.1) is 16.4 Å². The fraction of sp³-hybridized carbons (Fsp3) is 0.391. The molecule has 184 valence electrons. The van der Waals surface area contributed by atoms with Gasteiger partial charge in [-0.05, 0) is 50.1 Å². The fourth-order valence-electron chi connectivity index (χ4n) is 3.69. The zero-order chi connectivity index (χ0) is 25.1. The third kappa shape index (κ3) is 5.76. The summed E-state index contributed by atoms with van der Waals surface area (Å²) in [6.45, 7) is 1.36. The highest BCUT2D eigenvalue weighted by Gasteiger charge is 2.36. The van der Waals surface area contributed by atoms with E-state index in [2.05, 4.69) is 0 Å². The molecule has 0 aliphatic carbocycles. The summed E-state index contributed by atoms with van der Waals surface area (Å²) in [4.78, 5) is 26.1. The average Bonchev–Trinajstić information content (AvgIpc) is 2.83. The summed E-state index contributed by atoms with van der Waals surface area (Å²) in [6.07, 6.45) is -5.44. The second-order valence-corrected chi connectivity index (χ2v) is 9.95. The highest BCUT2D eigenvalue weighted by molar-refractivity contribution is 7.89. The molecule has 0 N–H and O–H groups in total. The lowest BCUT2D eigenvalue weighted by Gasteiger charge is -2.31. The first-order valence-electron chi connectivity index (χ1n) is 10.6. The Morgan fingerprint density at radius 2 is 1.68 bits per heavy atom. The predicted octanol–water partition coefficient (Wildman–Crippen LogP) is 3.70. The number of sulfonamides is 1. The summed E-state index contributed by atoms with van der Waals surface area (Å²) in [5.41, 5.74) is -0.408. The van der Waals surface area contributed by atoms with E-state index in [1.807, 2.05) is 6.07 Å². The summed E-state index contributed by atoms with van der Waals surface area (Å²) in [5, 5.41) is 0. The molecule has 2 aromatic rings. The van der Waals surface area contributed by atoms with Crippen molar-refractivity contribution in [2.24, 2.45) is 5.92 Å². The van der Waals surface area contributed by atoms with Crippen molar-refractivity contribution in [3.8, 4) is 0 Å². The first-order valence-corrected chi connectivity index (χ1v) is 12.1. The number of hydrogen-bond donors (Lipinski definition) is 0. The Morgan fingerprint density at radius 1 is 1.06 bits per heavy atom. The zero-order valence-electron chi connectivity index (χ0n) is 18.7. The van der Waals surface area contributed by atoms with Crippen LogP contribution in [0.2, 0.25) is 0 Å². The van der Waals surface area contributed by atoms with Gasteiger partial charge in [0.15, 0.2) is 6.10 Å². The SMILES string of the molecule is CC(OC(=O)C1CCN(S(=O)(=O)c2cccc(C(F)(F)F)c2)CC1)C(=O)N(C)c1ccccc1. The van der Waals surface area contributed by atoms with Gasteiger partial charge < -0.3 is 9.64 Å². The monoisotopic (exact) mass is 498 g/mol. The van der Waals surface area contributed by atoms with Gasteiger partial charge in [0, 0.05) is 25.8 Å². The molecule has 7 nitrogen and oxygen atoms in total. The van der Waals surface area contributed by atoms with Gasteiger partial charge in [-0.15, -0.1) is 0 Å². The molecule has 0 bridgehead atoms. The molecule has 0 radical (unpaired) electrons. The fourth-order valence-corrected chi connectivity index (χ4v) is 5.20. The number of piperidine rings is 1. The van der Waals surface area contributed by atoms with E-state index in [4.69, 9.17) is 4.74 Å². The number of halogens is 3. The highest BCUT2D eigenvalue weighted by atomic mass is 32.2. The summed E-state index contributed by atoms with van der Waals surface area (Å²) in [6, 6.07) is 12.4. The number of amides is 1. The van der Waals surface area contributed by atoms with E-state index in [9.17, 15) is 31.2 Å². The van der Waals surface area contributed by atoms with Crippen LogP contribution in [-0.2, 0) is 30.5 Å². The van der Waals surface area contributed by atoms with Crippen molar-refractivity contribution in [2.45, 2.75) is 36.9 Å². The van der Waals surface area contributed by atoms with Crippen molar-refractivity contribution >= 4 is 27.6 Å². The molecule has 3 rings (SSSR count). The Hall–Kier alpha value is -2.92. The van der Waals surface area contributed by atoms with E-state index in [-0.39, 0.29) is 25.9 Å². The molecule has 11 heteroatoms. The molecule has 1 saturated heterocycles. The number of ether oxygens (including phenoxy) is 1. The Morgan fingerprint density at radius 3 is 2.26 bits per heavy atom. The van der Waals surface area contributed by atoms with Gasteiger partial charge in [0.2, 0.25) is 10.0 Å². The highest BCUT2D eigenvalue weighted by Crippen LogP contribution is 2.32. The van der Waals surface area contributed by atoms with Gasteiger partial charge in [-0.1, -0.05) is 24.3 Å². The van der Waals surface area contributed by atoms with Crippen molar-refractivity contribution < 1.29 is 35.9 Å². The Bertz CT molecular complexity index is 1130. The Balaban J connectivity index is 1.59. The molecule has 0 spiro atoms. The second-order valence-electron chi connectivity index (χ2n) is 8.02. The molecule has 1 heterocycles. The third-order valence-corrected chi connectivity index (χ3v) is 7.60. The molecule has 1 aliphatic heterocycles. The van der Waals surface area contributed by atoms with Crippen LogP contribution < -0.4 is 4.90 Å². The Labute approximate surface area is 196 Å². The number of carbonyl (C=O) groups excluding carboxylic acids is 2. The maximum atomic E-state index is 13.0. The van der Waals surface area contributed by atoms with Crippen molar-refractivity contribution in [1.29, 1.82) is 0 Å².